The third-order valence-electron chi connectivity index (χ3n) is 2.52. The van der Waals surface area contributed by atoms with E-state index in [-0.39, 0.29) is 22.1 Å². The van der Waals surface area contributed by atoms with Crippen LogP contribution in [0.4, 0.5) is 0 Å². The van der Waals surface area contributed by atoms with Gasteiger partial charge >= 0.3 is 5.97 Å². The normalized spacial score (nSPS) is 13.2. The van der Waals surface area contributed by atoms with Gasteiger partial charge in [-0.15, -0.1) is 0 Å². The predicted octanol–water partition coefficient (Wildman–Crippen LogP) is 1.09. The molecule has 0 radical (unpaired) electrons. The summed E-state index contributed by atoms with van der Waals surface area (Å²) in [5.74, 6) is -1.23. The Hall–Kier alpha value is -1.15. The molecule has 1 aromatic rings. The molecule has 19 heavy (non-hydrogen) atoms. The summed E-state index contributed by atoms with van der Waals surface area (Å²) in [7, 11) is -3.84. The van der Waals surface area contributed by atoms with E-state index in [2.05, 4.69) is 4.72 Å². The number of aliphatic hydroxyl groups excluding tert-OH is 1. The summed E-state index contributed by atoms with van der Waals surface area (Å²) in [5.41, 5.74) is -0.171. The number of sulfonamides is 1. The Balaban J connectivity index is 3.09. The molecule has 0 amide bonds. The maximum absolute atomic E-state index is 12.0. The van der Waals surface area contributed by atoms with E-state index in [0.717, 1.165) is 18.2 Å². The van der Waals surface area contributed by atoms with Crippen LogP contribution in [-0.2, 0) is 10.0 Å². The van der Waals surface area contributed by atoms with Gasteiger partial charge in [0.2, 0.25) is 10.0 Å². The van der Waals surface area contributed by atoms with Gasteiger partial charge in [0.15, 0.2) is 0 Å². The minimum atomic E-state index is -3.84. The maximum Gasteiger partial charge on any atom is 0.337 e. The SMILES string of the molecule is CC[C@@H](CO)NS(=O)(=O)c1ccc(C(=O)O)c(Cl)c1. The second-order valence-corrected chi connectivity index (χ2v) is 5.98. The fourth-order valence-electron chi connectivity index (χ4n) is 1.37. The van der Waals surface area contributed by atoms with Crippen molar-refractivity contribution in [2.75, 3.05) is 6.61 Å². The third kappa shape index (κ3) is 3.90. The van der Waals surface area contributed by atoms with E-state index in [9.17, 15) is 13.2 Å². The van der Waals surface area contributed by atoms with Crippen molar-refractivity contribution in [1.29, 1.82) is 0 Å². The monoisotopic (exact) mass is 307 g/mol. The molecule has 3 N–H and O–H groups in total. The van der Waals surface area contributed by atoms with Crippen molar-refractivity contribution in [3.63, 3.8) is 0 Å². The number of benzene rings is 1. The number of carbonyl (C=O) groups is 1. The first-order valence-corrected chi connectivity index (χ1v) is 7.34. The summed E-state index contributed by atoms with van der Waals surface area (Å²) in [4.78, 5) is 10.6. The first-order valence-electron chi connectivity index (χ1n) is 5.47. The lowest BCUT2D eigenvalue weighted by molar-refractivity contribution is 0.0697. The van der Waals surface area contributed by atoms with E-state index in [0.29, 0.717) is 6.42 Å². The maximum atomic E-state index is 12.0. The topological polar surface area (TPSA) is 104 Å². The van der Waals surface area contributed by atoms with Crippen LogP contribution in [-0.4, -0.2) is 37.2 Å². The summed E-state index contributed by atoms with van der Waals surface area (Å²) in [5, 5.41) is 17.6. The molecule has 0 aliphatic heterocycles. The molecule has 1 rings (SSSR count). The number of halogens is 1. The molecule has 106 valence electrons. The average Bonchev–Trinajstić information content (AvgIpc) is 2.35. The minimum Gasteiger partial charge on any atom is -0.478 e. The van der Waals surface area contributed by atoms with Gasteiger partial charge in [-0.05, 0) is 24.6 Å². The molecule has 8 heteroatoms. The predicted molar refractivity (Wildman–Crippen MR) is 69.9 cm³/mol. The average molecular weight is 308 g/mol. The highest BCUT2D eigenvalue weighted by atomic mass is 35.5. The lowest BCUT2D eigenvalue weighted by Gasteiger charge is -2.14. The first kappa shape index (κ1) is 15.9. The Bertz CT molecular complexity index is 568. The van der Waals surface area contributed by atoms with Crippen LogP contribution in [0, 0.1) is 0 Å². The van der Waals surface area contributed by atoms with Crippen LogP contribution in [0.2, 0.25) is 5.02 Å². The molecule has 0 bridgehead atoms. The lowest BCUT2D eigenvalue weighted by atomic mass is 10.2. The lowest BCUT2D eigenvalue weighted by Crippen LogP contribution is -2.36. The van der Waals surface area contributed by atoms with Crippen LogP contribution >= 0.6 is 11.6 Å². The number of rotatable bonds is 6. The van der Waals surface area contributed by atoms with Gasteiger partial charge in [-0.2, -0.15) is 0 Å². The highest BCUT2D eigenvalue weighted by Gasteiger charge is 2.20. The number of carboxylic acid groups (broad SMARTS) is 1. The molecule has 0 aliphatic carbocycles. The number of aliphatic hydroxyl groups is 1. The number of hydrogen-bond acceptors (Lipinski definition) is 4. The Morgan fingerprint density at radius 1 is 1.47 bits per heavy atom. The van der Waals surface area contributed by atoms with Gasteiger partial charge in [0.25, 0.3) is 0 Å². The van der Waals surface area contributed by atoms with Crippen LogP contribution in [0.15, 0.2) is 23.1 Å². The highest BCUT2D eigenvalue weighted by molar-refractivity contribution is 7.89. The summed E-state index contributed by atoms with van der Waals surface area (Å²) in [6.45, 7) is 1.40. The number of aromatic carboxylic acids is 1. The van der Waals surface area contributed by atoms with E-state index < -0.39 is 22.0 Å². The fraction of sp³-hybridized carbons (Fsp3) is 0.364. The molecule has 0 heterocycles. The van der Waals surface area contributed by atoms with Crippen molar-refractivity contribution in [3.05, 3.63) is 28.8 Å². The van der Waals surface area contributed by atoms with Crippen LogP contribution in [0.1, 0.15) is 23.7 Å². The molecule has 0 saturated heterocycles. The van der Waals surface area contributed by atoms with E-state index in [1.165, 1.54) is 0 Å². The zero-order valence-electron chi connectivity index (χ0n) is 10.1. The standard InChI is InChI=1S/C11H14ClNO5S/c1-2-7(6-14)13-19(17,18)8-3-4-9(11(15)16)10(12)5-8/h3-5,7,13-14H,2,6H2,1H3,(H,15,16)/t7-/m0/s1. The van der Waals surface area contributed by atoms with Crippen LogP contribution in [0.25, 0.3) is 0 Å². The van der Waals surface area contributed by atoms with Crippen LogP contribution in [0.3, 0.4) is 0 Å². The van der Waals surface area contributed by atoms with Crippen LogP contribution < -0.4 is 4.72 Å². The molecular formula is C11H14ClNO5S. The third-order valence-corrected chi connectivity index (χ3v) is 4.35. The Morgan fingerprint density at radius 3 is 2.53 bits per heavy atom. The molecule has 6 nitrogen and oxygen atoms in total. The van der Waals surface area contributed by atoms with Gasteiger partial charge in [-0.1, -0.05) is 18.5 Å². The van der Waals surface area contributed by atoms with E-state index in [1.54, 1.807) is 6.92 Å². The molecule has 1 aromatic carbocycles. The van der Waals surface area contributed by atoms with Gasteiger partial charge in [0.1, 0.15) is 0 Å². The number of nitrogens with one attached hydrogen (secondary N) is 1. The van der Waals surface area contributed by atoms with E-state index >= 15 is 0 Å². The summed E-state index contributed by atoms with van der Waals surface area (Å²) < 4.78 is 26.2. The summed E-state index contributed by atoms with van der Waals surface area (Å²) >= 11 is 5.71. The van der Waals surface area contributed by atoms with Crippen LogP contribution in [0.5, 0.6) is 0 Å². The fourth-order valence-corrected chi connectivity index (χ4v) is 3.04. The molecule has 0 unspecified atom stereocenters. The van der Waals surface area contributed by atoms with Crippen molar-refractivity contribution in [2.24, 2.45) is 0 Å². The second kappa shape index (κ2) is 6.33. The Labute approximate surface area is 116 Å². The molecule has 0 fully saturated rings. The Morgan fingerprint density at radius 2 is 2.11 bits per heavy atom. The van der Waals surface area contributed by atoms with Crippen molar-refractivity contribution in [2.45, 2.75) is 24.3 Å². The molecule has 1 atom stereocenters. The summed E-state index contributed by atoms with van der Waals surface area (Å²) in [6, 6.07) is 2.75. The van der Waals surface area contributed by atoms with E-state index in [1.807, 2.05) is 0 Å². The van der Waals surface area contributed by atoms with Gasteiger partial charge < -0.3 is 10.2 Å². The van der Waals surface area contributed by atoms with Crippen molar-refractivity contribution in [1.82, 2.24) is 4.72 Å². The first-order chi connectivity index (χ1) is 8.81. The minimum absolute atomic E-state index is 0.144. The highest BCUT2D eigenvalue weighted by Crippen LogP contribution is 2.21. The molecule has 0 spiro atoms. The van der Waals surface area contributed by atoms with Gasteiger partial charge in [-0.3, -0.25) is 0 Å². The molecule has 0 aromatic heterocycles. The zero-order valence-corrected chi connectivity index (χ0v) is 11.7. The van der Waals surface area contributed by atoms with Crippen molar-refractivity contribution < 1.29 is 23.4 Å². The van der Waals surface area contributed by atoms with E-state index in [4.69, 9.17) is 21.8 Å². The quantitative estimate of drug-likeness (QED) is 0.730. The van der Waals surface area contributed by atoms with Gasteiger partial charge in [-0.25, -0.2) is 17.9 Å². The van der Waals surface area contributed by atoms with Crippen molar-refractivity contribution in [3.8, 4) is 0 Å². The zero-order chi connectivity index (χ0) is 14.6. The Kier molecular flexibility index (Phi) is 5.30. The second-order valence-electron chi connectivity index (χ2n) is 3.86. The smallest absolute Gasteiger partial charge is 0.337 e. The van der Waals surface area contributed by atoms with Gasteiger partial charge in [0.05, 0.1) is 22.1 Å². The van der Waals surface area contributed by atoms with Crippen molar-refractivity contribution >= 4 is 27.6 Å². The summed E-state index contributed by atoms with van der Waals surface area (Å²) in [6.07, 6.45) is 0.427. The molecule has 0 aliphatic rings. The van der Waals surface area contributed by atoms with Gasteiger partial charge in [0, 0.05) is 6.04 Å². The number of hydrogen-bond donors (Lipinski definition) is 3. The molecular weight excluding hydrogens is 294 g/mol. The largest absolute Gasteiger partial charge is 0.478 e. The number of carboxylic acids is 1. The molecule has 0 saturated carbocycles.